The molecule has 0 aliphatic heterocycles. The molecule has 0 fully saturated rings. The van der Waals surface area contributed by atoms with Gasteiger partial charge in [-0.05, 0) is 20.8 Å². The molecule has 0 aliphatic carbocycles. The van der Waals surface area contributed by atoms with E-state index in [4.69, 9.17) is 4.74 Å². The lowest BCUT2D eigenvalue weighted by molar-refractivity contribution is 0.0594. The molecule has 0 radical (unpaired) electrons. The summed E-state index contributed by atoms with van der Waals surface area (Å²) in [6.07, 6.45) is 0. The molecule has 2 heterocycles. The Hall–Kier alpha value is -1.89. The minimum Gasteiger partial charge on any atom is -0.464 e. The molecule has 20 heavy (non-hydrogen) atoms. The number of aromatic nitrogens is 3. The Bertz CT molecular complexity index is 645. The predicted octanol–water partition coefficient (Wildman–Crippen LogP) is 2.20. The zero-order valence-electron chi connectivity index (χ0n) is 12.3. The van der Waals surface area contributed by atoms with Crippen molar-refractivity contribution in [2.75, 3.05) is 12.4 Å². The van der Waals surface area contributed by atoms with Gasteiger partial charge in [-0.15, -0.1) is 11.3 Å². The molecule has 7 heteroatoms. The minimum atomic E-state index is -0.402. The quantitative estimate of drug-likeness (QED) is 0.875. The Kier molecular flexibility index (Phi) is 4.08. The maximum atomic E-state index is 11.5. The molecule has 0 amide bonds. The fraction of sp³-hybridized carbons (Fsp3) is 0.462. The average molecular weight is 294 g/mol. The highest BCUT2D eigenvalue weighted by Gasteiger charge is 2.16. The van der Waals surface area contributed by atoms with Gasteiger partial charge in [0.15, 0.2) is 10.8 Å². The summed E-state index contributed by atoms with van der Waals surface area (Å²) in [7, 11) is 3.28. The lowest BCUT2D eigenvalue weighted by atomic mass is 10.2. The van der Waals surface area contributed by atoms with Crippen LogP contribution in [0.5, 0.6) is 0 Å². The Balaban J connectivity index is 2.13. The van der Waals surface area contributed by atoms with Gasteiger partial charge in [-0.25, -0.2) is 9.78 Å². The van der Waals surface area contributed by atoms with E-state index < -0.39 is 5.97 Å². The Labute approximate surface area is 121 Å². The van der Waals surface area contributed by atoms with Gasteiger partial charge in [0.1, 0.15) is 0 Å². The lowest BCUT2D eigenvalue weighted by Gasteiger charge is -2.03. The first-order valence-corrected chi connectivity index (χ1v) is 7.04. The van der Waals surface area contributed by atoms with E-state index in [0.717, 1.165) is 21.8 Å². The van der Waals surface area contributed by atoms with Crippen LogP contribution in [-0.2, 0) is 18.3 Å². The molecule has 0 spiro atoms. The topological polar surface area (TPSA) is 69.0 Å². The molecule has 108 valence electrons. The highest BCUT2D eigenvalue weighted by atomic mass is 32.1. The van der Waals surface area contributed by atoms with Gasteiger partial charge in [0.05, 0.1) is 12.8 Å². The van der Waals surface area contributed by atoms with Crippen molar-refractivity contribution >= 4 is 22.4 Å². The lowest BCUT2D eigenvalue weighted by Crippen LogP contribution is -2.05. The van der Waals surface area contributed by atoms with Crippen LogP contribution in [0.4, 0.5) is 5.13 Å². The van der Waals surface area contributed by atoms with Gasteiger partial charge in [0.25, 0.3) is 0 Å². The van der Waals surface area contributed by atoms with E-state index in [9.17, 15) is 4.79 Å². The predicted molar refractivity (Wildman–Crippen MR) is 78.2 cm³/mol. The van der Waals surface area contributed by atoms with Crippen molar-refractivity contribution in [3.05, 3.63) is 27.5 Å². The molecule has 2 rings (SSSR count). The summed E-state index contributed by atoms with van der Waals surface area (Å²) >= 11 is 1.45. The first-order chi connectivity index (χ1) is 9.43. The van der Waals surface area contributed by atoms with Crippen LogP contribution in [0.3, 0.4) is 0 Å². The number of ether oxygens (including phenoxy) is 1. The number of methoxy groups -OCH3 is 1. The van der Waals surface area contributed by atoms with Crippen LogP contribution < -0.4 is 5.32 Å². The molecule has 0 saturated heterocycles. The molecule has 0 unspecified atom stereocenters. The summed E-state index contributed by atoms with van der Waals surface area (Å²) in [6.45, 7) is 6.51. The number of carbonyl (C=O) groups is 1. The van der Waals surface area contributed by atoms with E-state index in [0.29, 0.717) is 17.4 Å². The Morgan fingerprint density at radius 3 is 2.65 bits per heavy atom. The van der Waals surface area contributed by atoms with Crippen LogP contribution in [0.15, 0.2) is 0 Å². The SMILES string of the molecule is COC(=O)c1nc(NCc2c(C)nn(C)c2C)sc1C. The van der Waals surface area contributed by atoms with Crippen LogP contribution in [0.1, 0.15) is 32.3 Å². The van der Waals surface area contributed by atoms with Crippen molar-refractivity contribution in [2.24, 2.45) is 7.05 Å². The number of nitrogens with zero attached hydrogens (tertiary/aromatic N) is 3. The van der Waals surface area contributed by atoms with Gasteiger partial charge < -0.3 is 10.1 Å². The maximum absolute atomic E-state index is 11.5. The Morgan fingerprint density at radius 1 is 1.40 bits per heavy atom. The van der Waals surface area contributed by atoms with Gasteiger partial charge >= 0.3 is 5.97 Å². The zero-order valence-corrected chi connectivity index (χ0v) is 13.1. The van der Waals surface area contributed by atoms with Gasteiger partial charge in [-0.1, -0.05) is 0 Å². The monoisotopic (exact) mass is 294 g/mol. The van der Waals surface area contributed by atoms with Gasteiger partial charge in [0.2, 0.25) is 0 Å². The molecular formula is C13H18N4O2S. The number of thiazole rings is 1. The van der Waals surface area contributed by atoms with Crippen molar-refractivity contribution < 1.29 is 9.53 Å². The normalized spacial score (nSPS) is 10.7. The van der Waals surface area contributed by atoms with E-state index in [1.807, 2.05) is 32.5 Å². The van der Waals surface area contributed by atoms with Crippen molar-refractivity contribution in [3.8, 4) is 0 Å². The van der Waals surface area contributed by atoms with E-state index in [1.165, 1.54) is 18.4 Å². The highest BCUT2D eigenvalue weighted by molar-refractivity contribution is 7.15. The summed E-state index contributed by atoms with van der Waals surface area (Å²) < 4.78 is 6.56. The van der Waals surface area contributed by atoms with Crippen molar-refractivity contribution in [2.45, 2.75) is 27.3 Å². The largest absolute Gasteiger partial charge is 0.464 e. The second-order valence-corrected chi connectivity index (χ2v) is 5.75. The van der Waals surface area contributed by atoms with Crippen LogP contribution >= 0.6 is 11.3 Å². The molecule has 1 N–H and O–H groups in total. The summed E-state index contributed by atoms with van der Waals surface area (Å²) in [4.78, 5) is 16.6. The molecule has 0 atom stereocenters. The van der Waals surface area contributed by atoms with Crippen molar-refractivity contribution in [3.63, 3.8) is 0 Å². The number of hydrogen-bond acceptors (Lipinski definition) is 6. The molecule has 2 aromatic rings. The molecule has 6 nitrogen and oxygen atoms in total. The standard InChI is InChI=1S/C13H18N4O2S/c1-7-10(8(2)17(4)16-7)6-14-13-15-11(9(3)20-13)12(18)19-5/h6H2,1-5H3,(H,14,15). The summed E-state index contributed by atoms with van der Waals surface area (Å²) in [5.41, 5.74) is 3.65. The molecule has 0 aromatic carbocycles. The molecular weight excluding hydrogens is 276 g/mol. The average Bonchev–Trinajstić information content (AvgIpc) is 2.89. The van der Waals surface area contributed by atoms with E-state index >= 15 is 0 Å². The van der Waals surface area contributed by atoms with E-state index in [-0.39, 0.29) is 0 Å². The number of carbonyl (C=O) groups excluding carboxylic acids is 1. The summed E-state index contributed by atoms with van der Waals surface area (Å²) in [6, 6.07) is 0. The van der Waals surface area contributed by atoms with Gasteiger partial charge in [0, 0.05) is 29.7 Å². The molecule has 2 aromatic heterocycles. The molecule has 0 bridgehead atoms. The number of hydrogen-bond donors (Lipinski definition) is 1. The van der Waals surface area contributed by atoms with Crippen molar-refractivity contribution in [1.29, 1.82) is 0 Å². The maximum Gasteiger partial charge on any atom is 0.357 e. The fourth-order valence-electron chi connectivity index (χ4n) is 2.00. The van der Waals surface area contributed by atoms with Crippen molar-refractivity contribution in [1.82, 2.24) is 14.8 Å². The molecule has 0 aliphatic rings. The summed E-state index contributed by atoms with van der Waals surface area (Å²) in [5.74, 6) is -0.402. The fourth-order valence-corrected chi connectivity index (χ4v) is 2.79. The third kappa shape index (κ3) is 2.67. The van der Waals surface area contributed by atoms with Gasteiger partial charge in [-0.3, -0.25) is 4.68 Å². The first-order valence-electron chi connectivity index (χ1n) is 6.22. The molecule has 0 saturated carbocycles. The number of aryl methyl sites for hydroxylation is 3. The second-order valence-electron chi connectivity index (χ2n) is 4.54. The number of rotatable bonds is 4. The van der Waals surface area contributed by atoms with Gasteiger partial charge in [-0.2, -0.15) is 5.10 Å². The van der Waals surface area contributed by atoms with Crippen LogP contribution in [0, 0.1) is 20.8 Å². The minimum absolute atomic E-state index is 0.375. The summed E-state index contributed by atoms with van der Waals surface area (Å²) in [5, 5.41) is 8.33. The smallest absolute Gasteiger partial charge is 0.357 e. The van der Waals surface area contributed by atoms with E-state index in [2.05, 4.69) is 15.4 Å². The van der Waals surface area contributed by atoms with Crippen LogP contribution in [-0.4, -0.2) is 27.8 Å². The zero-order chi connectivity index (χ0) is 14.9. The van der Waals surface area contributed by atoms with Crippen LogP contribution in [0.25, 0.3) is 0 Å². The number of esters is 1. The Morgan fingerprint density at radius 2 is 2.10 bits per heavy atom. The van der Waals surface area contributed by atoms with Crippen LogP contribution in [0.2, 0.25) is 0 Å². The second kappa shape index (κ2) is 5.62. The van der Waals surface area contributed by atoms with E-state index in [1.54, 1.807) is 0 Å². The number of anilines is 1. The third-order valence-corrected chi connectivity index (χ3v) is 4.18. The third-order valence-electron chi connectivity index (χ3n) is 3.25. The number of nitrogens with one attached hydrogen (secondary N) is 1. The first kappa shape index (κ1) is 14.5. The highest BCUT2D eigenvalue weighted by Crippen LogP contribution is 2.24.